The van der Waals surface area contributed by atoms with Crippen molar-refractivity contribution in [3.05, 3.63) is 47.4 Å². The smallest absolute Gasteiger partial charge is 0.278 e. The van der Waals surface area contributed by atoms with Crippen LogP contribution < -0.4 is 16.2 Å². The summed E-state index contributed by atoms with van der Waals surface area (Å²) in [6.07, 6.45) is 3.21. The Kier molecular flexibility index (Phi) is 8.09. The van der Waals surface area contributed by atoms with E-state index in [9.17, 15) is 29.7 Å². The first-order chi connectivity index (χ1) is 19.3. The Hall–Kier alpha value is -4.27. The molecule has 0 bridgehead atoms. The molecule has 4 heterocycles. The van der Waals surface area contributed by atoms with Crippen LogP contribution in [0.25, 0.3) is 21.9 Å². The molecule has 14 nitrogen and oxygen atoms in total. The summed E-state index contributed by atoms with van der Waals surface area (Å²) in [4.78, 5) is 49.7. The molecule has 0 aliphatic carbocycles. The van der Waals surface area contributed by atoms with E-state index in [2.05, 4.69) is 30.6 Å². The molecule has 0 saturated carbocycles. The molecule has 1 aromatic carbocycles. The summed E-state index contributed by atoms with van der Waals surface area (Å²) in [5.74, 6) is -0.271. The van der Waals surface area contributed by atoms with Gasteiger partial charge in [-0.2, -0.15) is 0 Å². The lowest BCUT2D eigenvalue weighted by Crippen LogP contribution is -2.39. The van der Waals surface area contributed by atoms with Gasteiger partial charge in [0.2, 0.25) is 11.8 Å². The molecule has 0 unspecified atom stereocenters. The quantitative estimate of drug-likeness (QED) is 0.132. The highest BCUT2D eigenvalue weighted by Crippen LogP contribution is 2.31. The number of imidazole rings is 1. The fourth-order valence-corrected chi connectivity index (χ4v) is 4.87. The number of fused-ring (bicyclic) bond motifs is 2. The lowest BCUT2D eigenvalue weighted by molar-refractivity contribution is -0.122. The van der Waals surface area contributed by atoms with Crippen molar-refractivity contribution in [2.24, 2.45) is 0 Å². The maximum Gasteiger partial charge on any atom is 0.278 e. The van der Waals surface area contributed by atoms with Gasteiger partial charge in [-0.05, 0) is 25.0 Å². The van der Waals surface area contributed by atoms with Crippen molar-refractivity contribution in [3.8, 4) is 5.88 Å². The first-order valence-corrected chi connectivity index (χ1v) is 13.1. The Bertz CT molecular complexity index is 1560. The Morgan fingerprint density at radius 3 is 2.58 bits per heavy atom. The van der Waals surface area contributed by atoms with Gasteiger partial charge in [-0.15, -0.1) is 0 Å². The zero-order valence-corrected chi connectivity index (χ0v) is 21.5. The highest BCUT2D eigenvalue weighted by atomic mass is 16.6. The van der Waals surface area contributed by atoms with E-state index in [1.807, 2.05) is 0 Å². The topological polar surface area (TPSA) is 207 Å². The predicted octanol–water partition coefficient (Wildman–Crippen LogP) is 1.02. The summed E-state index contributed by atoms with van der Waals surface area (Å²) in [6, 6.07) is 5.31. The first-order valence-electron chi connectivity index (χ1n) is 13.1. The predicted molar refractivity (Wildman–Crippen MR) is 143 cm³/mol. The molecule has 40 heavy (non-hydrogen) atoms. The molecule has 2 amide bonds. The maximum absolute atomic E-state index is 12.3. The normalized spacial score (nSPS) is 20.8. The third-order valence-electron chi connectivity index (χ3n) is 7.02. The zero-order chi connectivity index (χ0) is 28.2. The SMILES string of the molecule is O=C(CCCCCCC(=O)Nc1cccc2c(O)[nH]cc12)NC[C@H]1O[C@@H](n2cnc3c(=O)[nH]cnc32)[C@H](O)[C@@H]1O. The minimum Gasteiger partial charge on any atom is -0.494 e. The molecule has 1 saturated heterocycles. The van der Waals surface area contributed by atoms with Crippen LogP contribution in [0.5, 0.6) is 5.88 Å². The van der Waals surface area contributed by atoms with Crippen molar-refractivity contribution >= 4 is 39.4 Å². The molecule has 212 valence electrons. The number of rotatable bonds is 11. The van der Waals surface area contributed by atoms with E-state index in [0.717, 1.165) is 18.2 Å². The minimum atomic E-state index is -1.30. The minimum absolute atomic E-state index is 0.0000441. The van der Waals surface area contributed by atoms with E-state index in [0.29, 0.717) is 30.3 Å². The molecule has 7 N–H and O–H groups in total. The number of hydrogen-bond acceptors (Lipinski definition) is 9. The number of amides is 2. The van der Waals surface area contributed by atoms with Crippen LogP contribution >= 0.6 is 0 Å². The van der Waals surface area contributed by atoms with Crippen LogP contribution in [-0.4, -0.2) is 76.5 Å². The third kappa shape index (κ3) is 5.68. The number of benzene rings is 1. The Labute approximate surface area is 227 Å². The number of carbonyl (C=O) groups excluding carboxylic acids is 2. The maximum atomic E-state index is 12.3. The van der Waals surface area contributed by atoms with Crippen LogP contribution in [0.3, 0.4) is 0 Å². The molecule has 14 heteroatoms. The summed E-state index contributed by atoms with van der Waals surface area (Å²) in [5.41, 5.74) is 0.494. The van der Waals surface area contributed by atoms with Crippen molar-refractivity contribution in [3.63, 3.8) is 0 Å². The number of unbranched alkanes of at least 4 members (excludes halogenated alkanes) is 3. The van der Waals surface area contributed by atoms with Crippen molar-refractivity contribution in [2.45, 2.75) is 63.1 Å². The number of ether oxygens (including phenoxy) is 1. The van der Waals surface area contributed by atoms with Gasteiger partial charge in [0, 0.05) is 36.4 Å². The van der Waals surface area contributed by atoms with Gasteiger partial charge in [0.15, 0.2) is 23.3 Å². The Balaban J connectivity index is 0.995. The fourth-order valence-electron chi connectivity index (χ4n) is 4.87. The summed E-state index contributed by atoms with van der Waals surface area (Å²) in [7, 11) is 0. The van der Waals surface area contributed by atoms with E-state index in [-0.39, 0.29) is 41.8 Å². The second-order valence-corrected chi connectivity index (χ2v) is 9.77. The molecule has 1 aliphatic rings. The van der Waals surface area contributed by atoms with E-state index in [4.69, 9.17) is 4.74 Å². The second kappa shape index (κ2) is 11.9. The molecule has 3 aromatic heterocycles. The van der Waals surface area contributed by atoms with Crippen molar-refractivity contribution < 1.29 is 29.6 Å². The number of hydrogen-bond donors (Lipinski definition) is 7. The van der Waals surface area contributed by atoms with Crippen LogP contribution in [-0.2, 0) is 14.3 Å². The van der Waals surface area contributed by atoms with Gasteiger partial charge < -0.3 is 40.7 Å². The Morgan fingerprint density at radius 1 is 1.00 bits per heavy atom. The van der Waals surface area contributed by atoms with Crippen LogP contribution in [0.4, 0.5) is 5.69 Å². The van der Waals surface area contributed by atoms with Gasteiger partial charge in [-0.1, -0.05) is 18.9 Å². The summed E-state index contributed by atoms with van der Waals surface area (Å²) < 4.78 is 7.16. The monoisotopic (exact) mass is 553 g/mol. The number of aromatic amines is 2. The van der Waals surface area contributed by atoms with Gasteiger partial charge in [0.05, 0.1) is 18.3 Å². The number of nitrogens with one attached hydrogen (secondary N) is 4. The number of aromatic hydroxyl groups is 1. The average molecular weight is 554 g/mol. The molecule has 4 aromatic rings. The van der Waals surface area contributed by atoms with E-state index in [1.54, 1.807) is 24.4 Å². The second-order valence-electron chi connectivity index (χ2n) is 9.77. The van der Waals surface area contributed by atoms with Crippen molar-refractivity contribution in [1.82, 2.24) is 29.8 Å². The molecule has 4 atom stereocenters. The van der Waals surface area contributed by atoms with E-state index < -0.39 is 30.1 Å². The molecule has 0 spiro atoms. The lowest BCUT2D eigenvalue weighted by Gasteiger charge is -2.16. The van der Waals surface area contributed by atoms with Crippen LogP contribution in [0, 0.1) is 0 Å². The van der Waals surface area contributed by atoms with Crippen molar-refractivity contribution in [2.75, 3.05) is 11.9 Å². The largest absolute Gasteiger partial charge is 0.494 e. The molecule has 0 radical (unpaired) electrons. The third-order valence-corrected chi connectivity index (χ3v) is 7.02. The number of H-pyrrole nitrogens is 2. The van der Waals surface area contributed by atoms with Gasteiger partial charge >= 0.3 is 0 Å². The number of anilines is 1. The van der Waals surface area contributed by atoms with Crippen LogP contribution in [0.2, 0.25) is 0 Å². The Morgan fingerprint density at radius 2 is 1.77 bits per heavy atom. The zero-order valence-electron chi connectivity index (χ0n) is 21.5. The van der Waals surface area contributed by atoms with Crippen molar-refractivity contribution in [1.29, 1.82) is 0 Å². The van der Waals surface area contributed by atoms with E-state index >= 15 is 0 Å². The number of aromatic nitrogens is 5. The number of aliphatic hydroxyl groups excluding tert-OH is 2. The van der Waals surface area contributed by atoms with Gasteiger partial charge in [-0.25, -0.2) is 9.97 Å². The average Bonchev–Trinajstić information content (AvgIpc) is 3.62. The number of nitrogens with zero attached hydrogens (tertiary/aromatic N) is 3. The van der Waals surface area contributed by atoms with Gasteiger partial charge in [-0.3, -0.25) is 19.0 Å². The van der Waals surface area contributed by atoms with E-state index in [1.165, 1.54) is 17.2 Å². The standard InChI is InChI=1S/C26H31N7O7/c34-18(8-3-1-2-4-9-19(35)32-16-7-5-6-14-15(16)10-28-24(14)38)27-11-17-21(36)22(37)26(40-17)33-13-31-20-23(33)29-12-30-25(20)39/h5-7,10,12-13,17,21-22,26,28,36-38H,1-4,8-9,11H2,(H,27,34)(H,32,35)(H,29,30,39)/t17-,21-,22-,26-/m1/s1. The lowest BCUT2D eigenvalue weighted by atomic mass is 10.1. The molecule has 5 rings (SSSR count). The summed E-state index contributed by atoms with van der Waals surface area (Å²) >= 11 is 0. The number of carbonyl (C=O) groups is 2. The highest BCUT2D eigenvalue weighted by Gasteiger charge is 2.44. The first kappa shape index (κ1) is 27.3. The number of aliphatic hydroxyl groups is 2. The summed E-state index contributed by atoms with van der Waals surface area (Å²) in [5, 5.41) is 37.7. The van der Waals surface area contributed by atoms with Crippen LogP contribution in [0.1, 0.15) is 44.8 Å². The molecule has 1 aliphatic heterocycles. The van der Waals surface area contributed by atoms with Gasteiger partial charge in [0.25, 0.3) is 5.56 Å². The molecular formula is C26H31N7O7. The highest BCUT2D eigenvalue weighted by molar-refractivity contribution is 6.03. The van der Waals surface area contributed by atoms with Gasteiger partial charge in [0.1, 0.15) is 18.3 Å². The molecule has 1 fully saturated rings. The molecular weight excluding hydrogens is 522 g/mol. The van der Waals surface area contributed by atoms with Crippen LogP contribution in [0.15, 0.2) is 41.8 Å². The summed E-state index contributed by atoms with van der Waals surface area (Å²) in [6.45, 7) is 0.0000441. The fraction of sp³-hybridized carbons (Fsp3) is 0.423.